The molecule has 0 saturated carbocycles. The zero-order valence-electron chi connectivity index (χ0n) is 15.8. The van der Waals surface area contributed by atoms with Gasteiger partial charge in [-0.15, -0.1) is 4.40 Å². The maximum atomic E-state index is 12.3. The van der Waals surface area contributed by atoms with E-state index in [-0.39, 0.29) is 18.0 Å². The van der Waals surface area contributed by atoms with Gasteiger partial charge in [-0.05, 0) is 31.9 Å². The third-order valence-electron chi connectivity index (χ3n) is 4.53. The number of alkyl carbamates (subject to hydrolysis) is 1. The van der Waals surface area contributed by atoms with Crippen LogP contribution in [0.15, 0.2) is 33.6 Å². The van der Waals surface area contributed by atoms with Gasteiger partial charge in [-0.1, -0.05) is 12.1 Å². The standard InChI is InChI=1S/C18H21N3O7S/c1-2-27-18(24)19-15(22)11-28-17(23)12-6-5-9-21(10-12)16-13-7-3-4-8-14(13)29(25,26)20-16/h3-4,7-8,12H,2,5-6,9-11H2,1H3,(H,19,22,24)/t12-/m1/s1. The Labute approximate surface area is 167 Å². The number of imide groups is 1. The van der Waals surface area contributed by atoms with Crippen LogP contribution in [0.4, 0.5) is 4.79 Å². The van der Waals surface area contributed by atoms with Gasteiger partial charge in [0.15, 0.2) is 12.4 Å². The minimum atomic E-state index is -3.75. The van der Waals surface area contributed by atoms with Gasteiger partial charge in [-0.2, -0.15) is 8.42 Å². The van der Waals surface area contributed by atoms with E-state index in [1.807, 2.05) is 5.32 Å². The van der Waals surface area contributed by atoms with Gasteiger partial charge in [-0.25, -0.2) is 4.79 Å². The van der Waals surface area contributed by atoms with Gasteiger partial charge < -0.3 is 14.4 Å². The average Bonchev–Trinajstić information content (AvgIpc) is 2.98. The van der Waals surface area contributed by atoms with Crippen LogP contribution in [0.3, 0.4) is 0 Å². The number of nitrogens with zero attached hydrogens (tertiary/aromatic N) is 2. The molecule has 156 valence electrons. The van der Waals surface area contributed by atoms with Crippen molar-refractivity contribution in [2.45, 2.75) is 24.7 Å². The Morgan fingerprint density at radius 3 is 2.76 bits per heavy atom. The predicted octanol–water partition coefficient (Wildman–Crippen LogP) is 0.663. The third kappa shape index (κ3) is 4.73. The van der Waals surface area contributed by atoms with Crippen molar-refractivity contribution in [2.24, 2.45) is 10.3 Å². The molecule has 1 aromatic rings. The Hall–Kier alpha value is -2.95. The Morgan fingerprint density at radius 1 is 1.24 bits per heavy atom. The first kappa shape index (κ1) is 20.8. The van der Waals surface area contributed by atoms with E-state index >= 15 is 0 Å². The summed E-state index contributed by atoms with van der Waals surface area (Å²) < 4.78 is 37.9. The van der Waals surface area contributed by atoms with Crippen LogP contribution in [0.2, 0.25) is 0 Å². The Bertz CT molecular complexity index is 958. The minimum Gasteiger partial charge on any atom is -0.455 e. The highest BCUT2D eigenvalue weighted by molar-refractivity contribution is 7.90. The molecule has 2 aliphatic heterocycles. The van der Waals surface area contributed by atoms with Crippen molar-refractivity contribution in [3.63, 3.8) is 0 Å². The summed E-state index contributed by atoms with van der Waals surface area (Å²) >= 11 is 0. The van der Waals surface area contributed by atoms with Crippen molar-refractivity contribution in [3.8, 4) is 0 Å². The summed E-state index contributed by atoms with van der Waals surface area (Å²) in [6, 6.07) is 6.54. The number of likely N-dealkylation sites (tertiary alicyclic amines) is 1. The lowest BCUT2D eigenvalue weighted by Gasteiger charge is -2.32. The van der Waals surface area contributed by atoms with Gasteiger partial charge in [-0.3, -0.25) is 14.9 Å². The number of hydrogen-bond donors (Lipinski definition) is 1. The topological polar surface area (TPSA) is 131 Å². The maximum absolute atomic E-state index is 12.3. The van der Waals surface area contributed by atoms with Crippen LogP contribution in [0, 0.1) is 5.92 Å². The second-order valence-electron chi connectivity index (χ2n) is 6.55. The predicted molar refractivity (Wildman–Crippen MR) is 101 cm³/mol. The summed E-state index contributed by atoms with van der Waals surface area (Å²) in [5, 5.41) is 1.94. The first-order valence-electron chi connectivity index (χ1n) is 9.14. The molecule has 10 nitrogen and oxygen atoms in total. The van der Waals surface area contributed by atoms with Crippen molar-refractivity contribution < 1.29 is 32.3 Å². The van der Waals surface area contributed by atoms with Crippen LogP contribution in [-0.4, -0.2) is 63.4 Å². The van der Waals surface area contributed by atoms with Crippen LogP contribution in [0.1, 0.15) is 25.3 Å². The fraction of sp³-hybridized carbons (Fsp3) is 0.444. The molecule has 0 bridgehead atoms. The Morgan fingerprint density at radius 2 is 2.00 bits per heavy atom. The number of hydrogen-bond acceptors (Lipinski definition) is 8. The molecule has 3 rings (SSSR count). The van der Waals surface area contributed by atoms with Gasteiger partial charge in [0.2, 0.25) is 0 Å². The van der Waals surface area contributed by atoms with E-state index in [1.54, 1.807) is 30.0 Å². The first-order chi connectivity index (χ1) is 13.8. The highest BCUT2D eigenvalue weighted by atomic mass is 32.2. The molecule has 1 fully saturated rings. The first-order valence-corrected chi connectivity index (χ1v) is 10.6. The minimum absolute atomic E-state index is 0.111. The van der Waals surface area contributed by atoms with Gasteiger partial charge in [0.05, 0.1) is 12.5 Å². The molecular formula is C18H21N3O7S. The van der Waals surface area contributed by atoms with Crippen LogP contribution < -0.4 is 5.32 Å². The number of benzene rings is 1. The second kappa shape index (κ2) is 8.60. The number of rotatable bonds is 4. The maximum Gasteiger partial charge on any atom is 0.413 e. The van der Waals surface area contributed by atoms with E-state index in [1.165, 1.54) is 6.07 Å². The van der Waals surface area contributed by atoms with Crippen molar-refractivity contribution in [3.05, 3.63) is 29.8 Å². The van der Waals surface area contributed by atoms with E-state index in [2.05, 4.69) is 9.13 Å². The summed E-state index contributed by atoms with van der Waals surface area (Å²) in [7, 11) is -3.75. The number of amides is 2. The summed E-state index contributed by atoms with van der Waals surface area (Å²) in [5.41, 5.74) is 0.510. The normalized spacial score (nSPS) is 19.7. The highest BCUT2D eigenvalue weighted by Crippen LogP contribution is 2.29. The Kier molecular flexibility index (Phi) is 6.16. The lowest BCUT2D eigenvalue weighted by Crippen LogP contribution is -2.43. The molecule has 11 heteroatoms. The molecule has 0 radical (unpaired) electrons. The summed E-state index contributed by atoms with van der Waals surface area (Å²) in [6.07, 6.45) is 0.267. The number of piperidine rings is 1. The number of amidine groups is 1. The lowest BCUT2D eigenvalue weighted by molar-refractivity contribution is -0.153. The summed E-state index contributed by atoms with van der Waals surface area (Å²) in [6.45, 7) is 1.87. The molecule has 1 N–H and O–H groups in total. The zero-order chi connectivity index (χ0) is 21.0. The molecule has 29 heavy (non-hydrogen) atoms. The van der Waals surface area contributed by atoms with E-state index in [0.29, 0.717) is 30.8 Å². The van der Waals surface area contributed by atoms with Gasteiger partial charge in [0.1, 0.15) is 4.90 Å². The van der Waals surface area contributed by atoms with Gasteiger partial charge >= 0.3 is 12.1 Å². The highest BCUT2D eigenvalue weighted by Gasteiger charge is 2.35. The summed E-state index contributed by atoms with van der Waals surface area (Å²) in [5.74, 6) is -1.61. The number of carbonyl (C=O) groups excluding carboxylic acids is 3. The van der Waals surface area contributed by atoms with Crippen molar-refractivity contribution in [1.29, 1.82) is 0 Å². The number of esters is 1. The molecule has 1 saturated heterocycles. The number of nitrogens with one attached hydrogen (secondary N) is 1. The van der Waals surface area contributed by atoms with Gasteiger partial charge in [0.25, 0.3) is 15.9 Å². The molecule has 0 aliphatic carbocycles. The molecule has 2 amide bonds. The van der Waals surface area contributed by atoms with Gasteiger partial charge in [0, 0.05) is 18.7 Å². The largest absolute Gasteiger partial charge is 0.455 e. The van der Waals surface area contributed by atoms with Crippen LogP contribution in [-0.2, 0) is 29.1 Å². The lowest BCUT2D eigenvalue weighted by atomic mass is 9.97. The van der Waals surface area contributed by atoms with Crippen LogP contribution >= 0.6 is 0 Å². The van der Waals surface area contributed by atoms with E-state index in [9.17, 15) is 22.8 Å². The molecular weight excluding hydrogens is 402 g/mol. The fourth-order valence-corrected chi connectivity index (χ4v) is 4.48. The second-order valence-corrected chi connectivity index (χ2v) is 8.12. The quantitative estimate of drug-likeness (QED) is 0.699. The Balaban J connectivity index is 1.61. The van der Waals surface area contributed by atoms with Crippen LogP contribution in [0.25, 0.3) is 0 Å². The zero-order valence-corrected chi connectivity index (χ0v) is 16.6. The smallest absolute Gasteiger partial charge is 0.413 e. The van der Waals surface area contributed by atoms with Crippen molar-refractivity contribution in [2.75, 3.05) is 26.3 Å². The molecule has 2 heterocycles. The monoisotopic (exact) mass is 423 g/mol. The third-order valence-corrected chi connectivity index (χ3v) is 5.85. The van der Waals surface area contributed by atoms with Crippen molar-refractivity contribution in [1.82, 2.24) is 10.2 Å². The van der Waals surface area contributed by atoms with Crippen molar-refractivity contribution >= 4 is 33.8 Å². The summed E-state index contributed by atoms with van der Waals surface area (Å²) in [4.78, 5) is 37.0. The SMILES string of the molecule is CCOC(=O)NC(=O)COC(=O)[C@@H]1CCCN(C2=NS(=O)(=O)c3ccccc32)C1. The average molecular weight is 423 g/mol. The van der Waals surface area contributed by atoms with E-state index in [4.69, 9.17) is 4.74 Å². The molecule has 0 spiro atoms. The fourth-order valence-electron chi connectivity index (χ4n) is 3.25. The van der Waals surface area contributed by atoms with Crippen LogP contribution in [0.5, 0.6) is 0 Å². The van der Waals surface area contributed by atoms with E-state index in [0.717, 1.165) is 0 Å². The number of fused-ring (bicyclic) bond motifs is 1. The number of sulfonamides is 1. The molecule has 2 aliphatic rings. The molecule has 0 aromatic heterocycles. The molecule has 1 atom stereocenters. The molecule has 1 aromatic carbocycles. The molecule has 0 unspecified atom stereocenters. The number of carbonyl (C=O) groups is 3. The number of ether oxygens (including phenoxy) is 2. The van der Waals surface area contributed by atoms with E-state index < -0.39 is 40.5 Å².